The van der Waals surface area contributed by atoms with Crippen molar-refractivity contribution < 1.29 is 14.6 Å². The molecule has 4 nitrogen and oxygen atoms in total. The van der Waals surface area contributed by atoms with E-state index in [1.165, 1.54) is 6.07 Å². The molecule has 4 heteroatoms. The van der Waals surface area contributed by atoms with Crippen molar-refractivity contribution in [3.05, 3.63) is 23.4 Å². The minimum Gasteiger partial charge on any atom is -0.493 e. The van der Waals surface area contributed by atoms with E-state index >= 15 is 0 Å². The first-order chi connectivity index (χ1) is 6.13. The van der Waals surface area contributed by atoms with Crippen molar-refractivity contribution in [2.24, 2.45) is 0 Å². The van der Waals surface area contributed by atoms with Gasteiger partial charge in [-0.3, -0.25) is 0 Å². The third-order valence-corrected chi connectivity index (χ3v) is 1.45. The lowest BCUT2D eigenvalue weighted by Crippen LogP contribution is -2.05. The van der Waals surface area contributed by atoms with E-state index < -0.39 is 5.97 Å². The SMILES string of the molecule is CCOC(=O)c1cc(C)nc(O)c1. The quantitative estimate of drug-likeness (QED) is 0.698. The standard InChI is InChI=1S/C9H11NO3/c1-3-13-9(12)7-4-6(2)10-8(11)5-7/h4-5H,3H2,1-2H3,(H,10,11). The van der Waals surface area contributed by atoms with Gasteiger partial charge in [-0.15, -0.1) is 0 Å². The predicted molar refractivity (Wildman–Crippen MR) is 46.6 cm³/mol. The van der Waals surface area contributed by atoms with Crippen molar-refractivity contribution in [1.82, 2.24) is 4.98 Å². The van der Waals surface area contributed by atoms with Crippen LogP contribution >= 0.6 is 0 Å². The van der Waals surface area contributed by atoms with Gasteiger partial charge in [-0.05, 0) is 19.9 Å². The van der Waals surface area contributed by atoms with Crippen LogP contribution < -0.4 is 0 Å². The zero-order valence-electron chi connectivity index (χ0n) is 7.57. The number of carbonyl (C=O) groups is 1. The van der Waals surface area contributed by atoms with E-state index in [0.29, 0.717) is 17.9 Å². The number of rotatable bonds is 2. The van der Waals surface area contributed by atoms with Gasteiger partial charge in [0.25, 0.3) is 0 Å². The molecule has 13 heavy (non-hydrogen) atoms. The Morgan fingerprint density at radius 3 is 2.85 bits per heavy atom. The second-order valence-electron chi connectivity index (χ2n) is 2.58. The molecule has 1 rings (SSSR count). The number of aromatic hydroxyl groups is 1. The van der Waals surface area contributed by atoms with Gasteiger partial charge in [-0.2, -0.15) is 0 Å². The molecular formula is C9H11NO3. The van der Waals surface area contributed by atoms with Gasteiger partial charge in [-0.1, -0.05) is 0 Å². The van der Waals surface area contributed by atoms with Gasteiger partial charge < -0.3 is 9.84 Å². The molecule has 0 saturated heterocycles. The first-order valence-corrected chi connectivity index (χ1v) is 3.98. The number of ether oxygens (including phenoxy) is 1. The van der Waals surface area contributed by atoms with Gasteiger partial charge in [0, 0.05) is 11.8 Å². The number of pyridine rings is 1. The van der Waals surface area contributed by atoms with Gasteiger partial charge in [-0.25, -0.2) is 9.78 Å². The maximum atomic E-state index is 11.2. The summed E-state index contributed by atoms with van der Waals surface area (Å²) >= 11 is 0. The van der Waals surface area contributed by atoms with Crippen molar-refractivity contribution in [2.75, 3.05) is 6.61 Å². The second kappa shape index (κ2) is 3.89. The molecule has 0 unspecified atom stereocenters. The maximum Gasteiger partial charge on any atom is 0.338 e. The molecule has 0 amide bonds. The van der Waals surface area contributed by atoms with Gasteiger partial charge >= 0.3 is 5.97 Å². The van der Waals surface area contributed by atoms with Crippen molar-refractivity contribution >= 4 is 5.97 Å². The van der Waals surface area contributed by atoms with Crippen LogP contribution in [0.15, 0.2) is 12.1 Å². The number of carbonyl (C=O) groups excluding carboxylic acids is 1. The smallest absolute Gasteiger partial charge is 0.338 e. The Bertz CT molecular complexity index is 302. The first-order valence-electron chi connectivity index (χ1n) is 3.98. The van der Waals surface area contributed by atoms with Crippen LogP contribution in [0.1, 0.15) is 23.0 Å². The Hall–Kier alpha value is -1.58. The summed E-state index contributed by atoms with van der Waals surface area (Å²) in [6.07, 6.45) is 0. The Balaban J connectivity index is 2.94. The largest absolute Gasteiger partial charge is 0.493 e. The molecule has 0 atom stereocenters. The van der Waals surface area contributed by atoms with Crippen LogP contribution in [-0.4, -0.2) is 22.7 Å². The lowest BCUT2D eigenvalue weighted by atomic mass is 10.2. The van der Waals surface area contributed by atoms with Crippen molar-refractivity contribution in [2.45, 2.75) is 13.8 Å². The van der Waals surface area contributed by atoms with E-state index in [1.807, 2.05) is 0 Å². The summed E-state index contributed by atoms with van der Waals surface area (Å²) in [5, 5.41) is 9.09. The molecule has 0 aliphatic heterocycles. The Morgan fingerprint density at radius 2 is 2.31 bits per heavy atom. The molecule has 0 fully saturated rings. The molecule has 1 N–H and O–H groups in total. The third kappa shape index (κ3) is 2.43. The van der Waals surface area contributed by atoms with Crippen LogP contribution in [0.25, 0.3) is 0 Å². The van der Waals surface area contributed by atoms with E-state index in [-0.39, 0.29) is 5.88 Å². The van der Waals surface area contributed by atoms with Gasteiger partial charge in [0.05, 0.1) is 12.2 Å². The lowest BCUT2D eigenvalue weighted by molar-refractivity contribution is 0.0525. The molecular weight excluding hydrogens is 170 g/mol. The third-order valence-electron chi connectivity index (χ3n) is 1.45. The molecule has 0 aliphatic rings. The van der Waals surface area contributed by atoms with Crippen LogP contribution in [0, 0.1) is 6.92 Å². The minimum absolute atomic E-state index is 0.164. The zero-order valence-corrected chi connectivity index (χ0v) is 7.57. The minimum atomic E-state index is -0.441. The molecule has 1 aromatic rings. The fraction of sp³-hybridized carbons (Fsp3) is 0.333. The summed E-state index contributed by atoms with van der Waals surface area (Å²) in [5.41, 5.74) is 0.912. The van der Waals surface area contributed by atoms with Crippen molar-refractivity contribution in [3.8, 4) is 5.88 Å². The number of aromatic nitrogens is 1. The fourth-order valence-corrected chi connectivity index (χ4v) is 0.983. The molecule has 0 bridgehead atoms. The van der Waals surface area contributed by atoms with Crippen molar-refractivity contribution in [1.29, 1.82) is 0 Å². The van der Waals surface area contributed by atoms with E-state index in [4.69, 9.17) is 9.84 Å². The summed E-state index contributed by atoms with van der Waals surface area (Å²) < 4.78 is 4.76. The highest BCUT2D eigenvalue weighted by atomic mass is 16.5. The Kier molecular flexibility index (Phi) is 2.84. The monoisotopic (exact) mass is 181 g/mol. The second-order valence-corrected chi connectivity index (χ2v) is 2.58. The molecule has 0 aliphatic carbocycles. The highest BCUT2D eigenvalue weighted by Crippen LogP contribution is 2.11. The molecule has 1 aromatic heterocycles. The summed E-state index contributed by atoms with van der Waals surface area (Å²) in [4.78, 5) is 14.9. The highest BCUT2D eigenvalue weighted by Gasteiger charge is 2.08. The van der Waals surface area contributed by atoms with Crippen LogP contribution in [0.2, 0.25) is 0 Å². The molecule has 0 aromatic carbocycles. The van der Waals surface area contributed by atoms with Crippen LogP contribution in [0.3, 0.4) is 0 Å². The zero-order chi connectivity index (χ0) is 9.84. The summed E-state index contributed by atoms with van der Waals surface area (Å²) in [6, 6.07) is 2.85. The van der Waals surface area contributed by atoms with Crippen LogP contribution in [-0.2, 0) is 4.74 Å². The van der Waals surface area contributed by atoms with Gasteiger partial charge in [0.1, 0.15) is 0 Å². The van der Waals surface area contributed by atoms with E-state index in [9.17, 15) is 4.79 Å². The molecule has 0 spiro atoms. The number of hydrogen-bond acceptors (Lipinski definition) is 4. The summed E-state index contributed by atoms with van der Waals surface area (Å²) in [6.45, 7) is 3.75. The first kappa shape index (κ1) is 9.51. The van der Waals surface area contributed by atoms with E-state index in [2.05, 4.69) is 4.98 Å². The van der Waals surface area contributed by atoms with Crippen LogP contribution in [0.4, 0.5) is 0 Å². The summed E-state index contributed by atoms with van der Waals surface area (Å²) in [5.74, 6) is -0.605. The normalized spacial score (nSPS) is 9.69. The van der Waals surface area contributed by atoms with E-state index in [1.54, 1.807) is 19.9 Å². The van der Waals surface area contributed by atoms with Crippen LogP contribution in [0.5, 0.6) is 5.88 Å². The number of esters is 1. The number of nitrogens with zero attached hydrogens (tertiary/aromatic N) is 1. The molecule has 1 heterocycles. The van der Waals surface area contributed by atoms with Gasteiger partial charge in [0.15, 0.2) is 0 Å². The molecule has 0 radical (unpaired) electrons. The van der Waals surface area contributed by atoms with Crippen molar-refractivity contribution in [3.63, 3.8) is 0 Å². The Morgan fingerprint density at radius 1 is 1.62 bits per heavy atom. The van der Waals surface area contributed by atoms with E-state index in [0.717, 1.165) is 0 Å². The molecule has 70 valence electrons. The fourth-order valence-electron chi connectivity index (χ4n) is 0.983. The number of aryl methyl sites for hydroxylation is 1. The predicted octanol–water partition coefficient (Wildman–Crippen LogP) is 1.27. The Labute approximate surface area is 76.2 Å². The summed E-state index contributed by atoms with van der Waals surface area (Å²) in [7, 11) is 0. The average molecular weight is 181 g/mol. The highest BCUT2D eigenvalue weighted by molar-refractivity contribution is 5.89. The molecule has 0 saturated carbocycles. The maximum absolute atomic E-state index is 11.2. The topological polar surface area (TPSA) is 59.4 Å². The van der Waals surface area contributed by atoms with Gasteiger partial charge in [0.2, 0.25) is 5.88 Å². The number of hydrogen-bond donors (Lipinski definition) is 1. The average Bonchev–Trinajstić information content (AvgIpc) is 2.03. The lowest BCUT2D eigenvalue weighted by Gasteiger charge is -2.02.